The Morgan fingerprint density at radius 2 is 1.97 bits per heavy atom. The van der Waals surface area contributed by atoms with Crippen LogP contribution >= 0.6 is 0 Å². The number of sulfone groups is 1. The maximum Gasteiger partial charge on any atom is 0.224 e. The highest BCUT2D eigenvalue weighted by Crippen LogP contribution is 2.35. The molecule has 0 bridgehead atoms. The summed E-state index contributed by atoms with van der Waals surface area (Å²) >= 11 is 0. The fourth-order valence-corrected chi connectivity index (χ4v) is 4.46. The van der Waals surface area contributed by atoms with Crippen molar-refractivity contribution < 1.29 is 21.9 Å². The minimum Gasteiger partial charge on any atom is -0.490 e. The monoisotopic (exact) mass is 476 g/mol. The van der Waals surface area contributed by atoms with E-state index in [1.165, 1.54) is 22.9 Å². The molecule has 0 unspecified atom stereocenters. The van der Waals surface area contributed by atoms with E-state index in [4.69, 9.17) is 10.5 Å². The van der Waals surface area contributed by atoms with E-state index < -0.39 is 32.2 Å². The Balaban J connectivity index is 1.84. The first kappa shape index (κ1) is 22.6. The smallest absolute Gasteiger partial charge is 0.224 e. The van der Waals surface area contributed by atoms with Gasteiger partial charge in [0.1, 0.15) is 22.9 Å². The number of ether oxygens (including phenoxy) is 1. The number of rotatable bonds is 6. The molecule has 0 spiro atoms. The molecule has 0 aromatic carbocycles. The van der Waals surface area contributed by atoms with Gasteiger partial charge >= 0.3 is 0 Å². The van der Waals surface area contributed by atoms with Crippen LogP contribution in [0.1, 0.15) is 20.8 Å². The van der Waals surface area contributed by atoms with Gasteiger partial charge < -0.3 is 10.5 Å². The van der Waals surface area contributed by atoms with Crippen LogP contribution in [0.25, 0.3) is 16.9 Å². The number of aromatic nitrogens is 5. The molecule has 0 fully saturated rings. The van der Waals surface area contributed by atoms with Crippen molar-refractivity contribution in [3.8, 4) is 17.0 Å². The molecule has 9 nitrogen and oxygen atoms in total. The lowest BCUT2D eigenvalue weighted by Gasteiger charge is -2.22. The molecule has 0 aliphatic rings. The molecule has 12 heteroatoms. The topological polar surface area (TPSA) is 117 Å². The number of pyridine rings is 2. The van der Waals surface area contributed by atoms with Gasteiger partial charge in [0.2, 0.25) is 5.95 Å². The number of halogens is 2. The number of anilines is 1. The highest BCUT2D eigenvalue weighted by molar-refractivity contribution is 7.92. The Kier molecular flexibility index (Phi) is 5.56. The summed E-state index contributed by atoms with van der Waals surface area (Å²) in [5.74, 6) is -2.38. The van der Waals surface area contributed by atoms with Gasteiger partial charge in [-0.25, -0.2) is 17.8 Å². The zero-order valence-electron chi connectivity index (χ0n) is 18.2. The number of nitrogen functional groups attached to an aromatic ring is 1. The van der Waals surface area contributed by atoms with Gasteiger partial charge in [-0.3, -0.25) is 9.08 Å². The van der Waals surface area contributed by atoms with Gasteiger partial charge in [-0.15, -0.1) is 0 Å². The summed E-state index contributed by atoms with van der Waals surface area (Å²) in [5.41, 5.74) is 5.52. The third-order valence-electron chi connectivity index (χ3n) is 5.04. The van der Waals surface area contributed by atoms with E-state index in [1.807, 2.05) is 0 Å². The van der Waals surface area contributed by atoms with Gasteiger partial charge in [-0.2, -0.15) is 14.5 Å². The second-order valence-electron chi connectivity index (χ2n) is 8.30. The van der Waals surface area contributed by atoms with E-state index >= 15 is 0 Å². The van der Waals surface area contributed by atoms with Gasteiger partial charge in [0.05, 0.1) is 28.7 Å². The minimum atomic E-state index is -3.88. The van der Waals surface area contributed by atoms with Crippen LogP contribution in [0.5, 0.6) is 5.75 Å². The predicted molar refractivity (Wildman–Crippen MR) is 117 cm³/mol. The summed E-state index contributed by atoms with van der Waals surface area (Å²) in [6.45, 7) is 5.24. The molecule has 0 radical (unpaired) electrons. The number of fused-ring (bicyclic) bond motifs is 1. The van der Waals surface area contributed by atoms with E-state index in [-0.39, 0.29) is 34.2 Å². The fourth-order valence-electron chi connectivity index (χ4n) is 3.17. The minimum absolute atomic E-state index is 0.101. The molecule has 0 saturated heterocycles. The number of hydrogen-bond donors (Lipinski definition) is 1. The molecule has 2 N–H and O–H groups in total. The molecule has 0 saturated carbocycles. The predicted octanol–water partition coefficient (Wildman–Crippen LogP) is 3.10. The van der Waals surface area contributed by atoms with Gasteiger partial charge in [-0.1, -0.05) is 0 Å². The van der Waals surface area contributed by atoms with Crippen LogP contribution in [0.4, 0.5) is 14.6 Å². The molecule has 4 heterocycles. The Hall–Kier alpha value is -3.54. The maximum atomic E-state index is 14.5. The van der Waals surface area contributed by atoms with Crippen LogP contribution in [0.15, 0.2) is 47.9 Å². The van der Waals surface area contributed by atoms with Crippen LogP contribution in [0, 0.1) is 11.8 Å². The van der Waals surface area contributed by atoms with E-state index in [2.05, 4.69) is 15.1 Å². The van der Waals surface area contributed by atoms with Gasteiger partial charge in [0, 0.05) is 24.7 Å². The standard InChI is InChI=1S/C21H22F2N6O3S/c1-21(2,3)33(30,31)17-12-29-15(13-9-14(22)20(24)27-19(13)23)11-25-18(29)10-16(17)32-8-7-28-6-4-5-26-28/h4-6,9-12H,7-8H2,1-3H3,(H2,24,27). The summed E-state index contributed by atoms with van der Waals surface area (Å²) in [7, 11) is -3.88. The van der Waals surface area contributed by atoms with Gasteiger partial charge in [0.15, 0.2) is 21.5 Å². The SMILES string of the molecule is CC(C)(C)S(=O)(=O)c1cn2c(-c3cc(F)c(N)nc3F)cnc2cc1OCCn1cccn1. The lowest BCUT2D eigenvalue weighted by molar-refractivity contribution is 0.284. The normalized spacial score (nSPS) is 12.4. The summed E-state index contributed by atoms with van der Waals surface area (Å²) in [5, 5.41) is 4.09. The first-order chi connectivity index (χ1) is 15.5. The molecule has 4 aromatic heterocycles. The Morgan fingerprint density at radius 3 is 2.64 bits per heavy atom. The number of nitrogens with two attached hydrogens (primary N) is 1. The zero-order valence-corrected chi connectivity index (χ0v) is 19.0. The summed E-state index contributed by atoms with van der Waals surface area (Å²) in [6.07, 6.45) is 5.98. The first-order valence-corrected chi connectivity index (χ1v) is 11.4. The number of nitrogens with zero attached hydrogens (tertiary/aromatic N) is 5. The molecule has 0 atom stereocenters. The van der Waals surface area contributed by atoms with Crippen LogP contribution < -0.4 is 10.5 Å². The van der Waals surface area contributed by atoms with E-state index in [1.54, 1.807) is 43.9 Å². The third-order valence-corrected chi connectivity index (χ3v) is 7.54. The van der Waals surface area contributed by atoms with Crippen molar-refractivity contribution in [3.63, 3.8) is 0 Å². The number of imidazole rings is 1. The third kappa shape index (κ3) is 4.13. The second kappa shape index (κ2) is 8.10. The molecular weight excluding hydrogens is 454 g/mol. The average Bonchev–Trinajstić information content (AvgIpc) is 3.39. The van der Waals surface area contributed by atoms with E-state index in [9.17, 15) is 17.2 Å². The van der Waals surface area contributed by atoms with E-state index in [0.717, 1.165) is 6.07 Å². The highest BCUT2D eigenvalue weighted by Gasteiger charge is 2.34. The molecule has 0 aliphatic heterocycles. The van der Waals surface area contributed by atoms with Gasteiger partial charge in [-0.05, 0) is 32.9 Å². The lowest BCUT2D eigenvalue weighted by Crippen LogP contribution is -2.29. The fraction of sp³-hybridized carbons (Fsp3) is 0.286. The molecule has 0 amide bonds. The van der Waals surface area contributed by atoms with Crippen LogP contribution in [0.2, 0.25) is 0 Å². The zero-order chi connectivity index (χ0) is 24.0. The Bertz CT molecular complexity index is 1430. The molecule has 174 valence electrons. The number of hydrogen-bond acceptors (Lipinski definition) is 7. The van der Waals surface area contributed by atoms with Crippen molar-refractivity contribution in [2.75, 3.05) is 12.3 Å². The Morgan fingerprint density at radius 1 is 1.21 bits per heavy atom. The van der Waals surface area contributed by atoms with Crippen molar-refractivity contribution in [1.29, 1.82) is 0 Å². The molecule has 4 aromatic rings. The average molecular weight is 477 g/mol. The Labute approximate surface area is 188 Å². The summed E-state index contributed by atoms with van der Waals surface area (Å²) in [4.78, 5) is 7.48. The summed E-state index contributed by atoms with van der Waals surface area (Å²) < 4.78 is 62.8. The van der Waals surface area contributed by atoms with Crippen molar-refractivity contribution in [2.45, 2.75) is 37.0 Å². The first-order valence-electron chi connectivity index (χ1n) is 9.97. The van der Waals surface area contributed by atoms with Crippen molar-refractivity contribution in [3.05, 3.63) is 54.8 Å². The van der Waals surface area contributed by atoms with Crippen molar-refractivity contribution >= 4 is 21.3 Å². The second-order valence-corrected chi connectivity index (χ2v) is 11.0. The van der Waals surface area contributed by atoms with Crippen LogP contribution in [0.3, 0.4) is 0 Å². The molecule has 33 heavy (non-hydrogen) atoms. The van der Waals surface area contributed by atoms with Crippen molar-refractivity contribution in [1.82, 2.24) is 24.1 Å². The van der Waals surface area contributed by atoms with Gasteiger partial charge in [0.25, 0.3) is 0 Å². The maximum absolute atomic E-state index is 14.5. The molecule has 0 aliphatic carbocycles. The summed E-state index contributed by atoms with van der Waals surface area (Å²) in [6, 6.07) is 4.11. The van der Waals surface area contributed by atoms with E-state index in [0.29, 0.717) is 6.54 Å². The van der Waals surface area contributed by atoms with Crippen molar-refractivity contribution in [2.24, 2.45) is 0 Å². The highest BCUT2D eigenvalue weighted by atomic mass is 32.2. The quantitative estimate of drug-likeness (QED) is 0.425. The molecular formula is C21H22F2N6O3S. The molecule has 4 rings (SSSR count). The van der Waals surface area contributed by atoms with Crippen LogP contribution in [-0.2, 0) is 16.4 Å². The van der Waals surface area contributed by atoms with Crippen LogP contribution in [-0.4, -0.2) is 43.9 Å². The largest absolute Gasteiger partial charge is 0.490 e. The lowest BCUT2D eigenvalue weighted by atomic mass is 10.2.